The van der Waals surface area contributed by atoms with Gasteiger partial charge in [0.2, 0.25) is 0 Å². The normalized spacial score (nSPS) is 13.7. The van der Waals surface area contributed by atoms with Crippen LogP contribution in [-0.4, -0.2) is 34.7 Å². The minimum Gasteiger partial charge on any atom is -0.458 e. The zero-order valence-corrected chi connectivity index (χ0v) is 13.9. The van der Waals surface area contributed by atoms with Gasteiger partial charge in [-0.3, -0.25) is 4.79 Å². The van der Waals surface area contributed by atoms with Gasteiger partial charge in [0.05, 0.1) is 6.10 Å². The van der Waals surface area contributed by atoms with E-state index in [2.05, 4.69) is 11.9 Å². The highest BCUT2D eigenvalue weighted by Crippen LogP contribution is 2.13. The van der Waals surface area contributed by atoms with Crippen molar-refractivity contribution in [3.05, 3.63) is 48.6 Å². The standard InChI is InChI=1S/C18H25NO4/c1-5-6-12-14(20)15(17(22)23-18(2,3)4)19-16(21)13-10-8-7-9-11-13/h5,7-11,14-15,20H,1,6,12H2,2-4H3,(H,19,21)/t14-,15-/m0/s1. The van der Waals surface area contributed by atoms with E-state index in [4.69, 9.17) is 4.74 Å². The fraction of sp³-hybridized carbons (Fsp3) is 0.444. The highest BCUT2D eigenvalue weighted by Gasteiger charge is 2.32. The van der Waals surface area contributed by atoms with E-state index in [1.165, 1.54) is 0 Å². The number of amides is 1. The lowest BCUT2D eigenvalue weighted by Crippen LogP contribution is -2.51. The Bertz CT molecular complexity index is 534. The first kappa shape index (κ1) is 18.9. The van der Waals surface area contributed by atoms with Gasteiger partial charge in [-0.2, -0.15) is 0 Å². The molecule has 0 heterocycles. The average Bonchev–Trinajstić information content (AvgIpc) is 2.49. The molecule has 0 bridgehead atoms. The van der Waals surface area contributed by atoms with E-state index < -0.39 is 29.6 Å². The molecule has 0 aliphatic carbocycles. The molecule has 126 valence electrons. The molecule has 0 spiro atoms. The van der Waals surface area contributed by atoms with Crippen molar-refractivity contribution < 1.29 is 19.4 Å². The summed E-state index contributed by atoms with van der Waals surface area (Å²) in [6.07, 6.45) is 1.44. The van der Waals surface area contributed by atoms with Gasteiger partial charge in [0, 0.05) is 5.56 Å². The van der Waals surface area contributed by atoms with Crippen molar-refractivity contribution in [2.45, 2.75) is 51.4 Å². The van der Waals surface area contributed by atoms with E-state index in [-0.39, 0.29) is 0 Å². The summed E-state index contributed by atoms with van der Waals surface area (Å²) in [6, 6.07) is 7.40. The van der Waals surface area contributed by atoms with Crippen LogP contribution in [0.4, 0.5) is 0 Å². The molecular formula is C18H25NO4. The smallest absolute Gasteiger partial charge is 0.331 e. The Morgan fingerprint density at radius 1 is 1.30 bits per heavy atom. The maximum atomic E-state index is 12.3. The number of nitrogens with one attached hydrogen (secondary N) is 1. The number of hydrogen-bond donors (Lipinski definition) is 2. The summed E-state index contributed by atoms with van der Waals surface area (Å²) in [5, 5.41) is 12.8. The Morgan fingerprint density at radius 2 is 1.91 bits per heavy atom. The van der Waals surface area contributed by atoms with Gasteiger partial charge in [-0.1, -0.05) is 24.3 Å². The number of aliphatic hydroxyl groups is 1. The van der Waals surface area contributed by atoms with Gasteiger partial charge in [0.1, 0.15) is 5.60 Å². The molecule has 0 saturated carbocycles. The Labute approximate surface area is 137 Å². The van der Waals surface area contributed by atoms with Gasteiger partial charge in [0.15, 0.2) is 6.04 Å². The summed E-state index contributed by atoms with van der Waals surface area (Å²) in [7, 11) is 0. The SMILES string of the molecule is C=CCC[C@H](O)[C@H](NC(=O)c1ccccc1)C(=O)OC(C)(C)C. The van der Waals surface area contributed by atoms with Gasteiger partial charge in [-0.25, -0.2) is 4.79 Å². The predicted molar refractivity (Wildman–Crippen MR) is 89.0 cm³/mol. The lowest BCUT2D eigenvalue weighted by Gasteiger charge is -2.27. The average molecular weight is 319 g/mol. The Morgan fingerprint density at radius 3 is 2.43 bits per heavy atom. The summed E-state index contributed by atoms with van der Waals surface area (Å²) in [4.78, 5) is 24.6. The van der Waals surface area contributed by atoms with Crippen molar-refractivity contribution in [1.82, 2.24) is 5.32 Å². The van der Waals surface area contributed by atoms with Crippen molar-refractivity contribution in [3.8, 4) is 0 Å². The van der Waals surface area contributed by atoms with Crippen LogP contribution in [0.3, 0.4) is 0 Å². The number of esters is 1. The van der Waals surface area contributed by atoms with Crippen molar-refractivity contribution in [2.24, 2.45) is 0 Å². The van der Waals surface area contributed by atoms with Crippen LogP contribution in [0.5, 0.6) is 0 Å². The van der Waals surface area contributed by atoms with Crippen molar-refractivity contribution in [1.29, 1.82) is 0 Å². The van der Waals surface area contributed by atoms with E-state index in [1.54, 1.807) is 57.2 Å². The Hall–Kier alpha value is -2.14. The molecule has 2 N–H and O–H groups in total. The molecule has 1 aromatic carbocycles. The fourth-order valence-corrected chi connectivity index (χ4v) is 1.95. The number of allylic oxidation sites excluding steroid dienone is 1. The predicted octanol–water partition coefficient (Wildman–Crippen LogP) is 2.45. The molecule has 0 radical (unpaired) electrons. The van der Waals surface area contributed by atoms with Crippen LogP contribution in [0.2, 0.25) is 0 Å². The van der Waals surface area contributed by atoms with E-state index in [0.717, 1.165) is 0 Å². The number of hydrogen-bond acceptors (Lipinski definition) is 4. The fourth-order valence-electron chi connectivity index (χ4n) is 1.95. The number of carbonyl (C=O) groups is 2. The highest BCUT2D eigenvalue weighted by atomic mass is 16.6. The second-order valence-electron chi connectivity index (χ2n) is 6.28. The highest BCUT2D eigenvalue weighted by molar-refractivity contribution is 5.96. The van der Waals surface area contributed by atoms with Gasteiger partial charge >= 0.3 is 5.97 Å². The third kappa shape index (κ3) is 6.65. The summed E-state index contributed by atoms with van der Waals surface area (Å²) in [5.41, 5.74) is -0.290. The summed E-state index contributed by atoms with van der Waals surface area (Å²) >= 11 is 0. The first-order valence-corrected chi connectivity index (χ1v) is 7.62. The zero-order valence-electron chi connectivity index (χ0n) is 13.9. The molecule has 0 aliphatic heterocycles. The topological polar surface area (TPSA) is 75.6 Å². The Balaban J connectivity index is 2.88. The zero-order chi connectivity index (χ0) is 17.5. The molecule has 1 rings (SSSR count). The molecule has 5 heteroatoms. The lowest BCUT2D eigenvalue weighted by atomic mass is 10.0. The molecule has 23 heavy (non-hydrogen) atoms. The molecular weight excluding hydrogens is 294 g/mol. The van der Waals surface area contributed by atoms with E-state index >= 15 is 0 Å². The molecule has 0 fully saturated rings. The third-order valence-electron chi connectivity index (χ3n) is 3.03. The van der Waals surface area contributed by atoms with Crippen LogP contribution in [0.1, 0.15) is 44.0 Å². The van der Waals surface area contributed by atoms with Crippen LogP contribution in [-0.2, 0) is 9.53 Å². The van der Waals surface area contributed by atoms with Crippen molar-refractivity contribution in [3.63, 3.8) is 0 Å². The van der Waals surface area contributed by atoms with Crippen molar-refractivity contribution in [2.75, 3.05) is 0 Å². The maximum absolute atomic E-state index is 12.3. The largest absolute Gasteiger partial charge is 0.458 e. The second kappa shape index (κ2) is 8.48. The molecule has 1 aromatic rings. The summed E-state index contributed by atoms with van der Waals surface area (Å²) in [6.45, 7) is 8.79. The summed E-state index contributed by atoms with van der Waals surface area (Å²) < 4.78 is 5.30. The number of rotatable bonds is 7. The quantitative estimate of drug-likeness (QED) is 0.598. The van der Waals surface area contributed by atoms with Crippen LogP contribution in [0.15, 0.2) is 43.0 Å². The van der Waals surface area contributed by atoms with Gasteiger partial charge < -0.3 is 15.2 Å². The molecule has 0 unspecified atom stereocenters. The maximum Gasteiger partial charge on any atom is 0.331 e. The number of aliphatic hydroxyl groups excluding tert-OH is 1. The molecule has 0 aromatic heterocycles. The Kier molecular flexibility index (Phi) is 6.97. The minimum atomic E-state index is -1.12. The van der Waals surface area contributed by atoms with E-state index in [0.29, 0.717) is 18.4 Å². The molecule has 0 aliphatic rings. The number of carbonyl (C=O) groups excluding carboxylic acids is 2. The van der Waals surface area contributed by atoms with E-state index in [9.17, 15) is 14.7 Å². The lowest BCUT2D eigenvalue weighted by molar-refractivity contribution is -0.160. The third-order valence-corrected chi connectivity index (χ3v) is 3.03. The molecule has 5 nitrogen and oxygen atoms in total. The molecule has 1 amide bonds. The van der Waals surface area contributed by atoms with Crippen LogP contribution >= 0.6 is 0 Å². The van der Waals surface area contributed by atoms with Gasteiger partial charge in [-0.15, -0.1) is 6.58 Å². The van der Waals surface area contributed by atoms with Crippen LogP contribution in [0, 0.1) is 0 Å². The second-order valence-corrected chi connectivity index (χ2v) is 6.28. The minimum absolute atomic E-state index is 0.308. The van der Waals surface area contributed by atoms with Gasteiger partial charge in [0.25, 0.3) is 5.91 Å². The summed E-state index contributed by atoms with van der Waals surface area (Å²) in [5.74, 6) is -1.09. The van der Waals surface area contributed by atoms with Crippen LogP contribution < -0.4 is 5.32 Å². The van der Waals surface area contributed by atoms with Gasteiger partial charge in [-0.05, 0) is 45.7 Å². The van der Waals surface area contributed by atoms with Crippen LogP contribution in [0.25, 0.3) is 0 Å². The van der Waals surface area contributed by atoms with E-state index in [1.807, 2.05) is 0 Å². The monoisotopic (exact) mass is 319 g/mol. The first-order valence-electron chi connectivity index (χ1n) is 7.62. The number of ether oxygens (including phenoxy) is 1. The first-order chi connectivity index (χ1) is 10.7. The number of benzene rings is 1. The van der Waals surface area contributed by atoms with Crippen molar-refractivity contribution >= 4 is 11.9 Å². The molecule has 2 atom stereocenters. The molecule has 0 saturated heterocycles.